The smallest absolute Gasteiger partial charge is 0.407 e. The van der Waals surface area contributed by atoms with Gasteiger partial charge in [-0.2, -0.15) is 0 Å². The van der Waals surface area contributed by atoms with Crippen LogP contribution in [0, 0.1) is 0 Å². The van der Waals surface area contributed by atoms with Crippen LogP contribution in [-0.4, -0.2) is 150 Å². The molecule has 0 radical (unpaired) electrons. The van der Waals surface area contributed by atoms with Gasteiger partial charge in [0, 0.05) is 5.56 Å². The van der Waals surface area contributed by atoms with E-state index >= 15 is 0 Å². The molecular formula is C73H76Cl6N2O18. The van der Waals surface area contributed by atoms with Crippen LogP contribution < -0.4 is 10.6 Å². The van der Waals surface area contributed by atoms with Gasteiger partial charge in [0.05, 0.1) is 59.5 Å². The van der Waals surface area contributed by atoms with E-state index in [0.29, 0.717) is 5.56 Å². The van der Waals surface area contributed by atoms with Crippen LogP contribution >= 0.6 is 69.6 Å². The molecule has 3 N–H and O–H groups in total. The Balaban J connectivity index is 1.02. The maximum absolute atomic E-state index is 14.7. The monoisotopic (exact) mass is 1480 g/mol. The molecule has 0 spiro atoms. The lowest BCUT2D eigenvalue weighted by Gasteiger charge is -2.52. The van der Waals surface area contributed by atoms with E-state index in [0.717, 1.165) is 33.4 Å². The fourth-order valence-electron chi connectivity index (χ4n) is 11.7. The fraction of sp³-hybridized carbons (Fsp3) is 0.397. The van der Waals surface area contributed by atoms with Gasteiger partial charge in [-0.1, -0.05) is 282 Å². The van der Waals surface area contributed by atoms with E-state index in [-0.39, 0.29) is 59.5 Å². The number of halogens is 6. The van der Waals surface area contributed by atoms with Gasteiger partial charge in [-0.15, -0.1) is 0 Å². The minimum Gasteiger partial charge on any atom is -0.445 e. The van der Waals surface area contributed by atoms with Gasteiger partial charge in [-0.05, 0) is 33.4 Å². The van der Waals surface area contributed by atoms with Gasteiger partial charge >= 0.3 is 12.2 Å². The molecule has 7 aromatic rings. The SMILES string of the molecule is O=C(N[C@H]1[C@H](OCc2ccccc2)O[C@H](COCc2ccccc2)[C@@H](O[C@@H]2O[C@H](COCc3ccccc3)[C@@H](O[C@@H]3O[C@@H]4CO[C@@H](c5ccccc5)O[C@H]4[C@H](O)[C@@H]3OCc3ccccc3)[C@H](OCc3ccccc3)[C@H]2NC(=O)OCC(Cl)(Cl)Cl)[C@@H]1OCc1ccccc1)OCC(Cl)(Cl)Cl. The highest BCUT2D eigenvalue weighted by atomic mass is 35.6. The summed E-state index contributed by atoms with van der Waals surface area (Å²) >= 11 is 37.1. The molecule has 20 nitrogen and oxygen atoms in total. The predicted octanol–water partition coefficient (Wildman–Crippen LogP) is 12.7. The first-order valence-corrected chi connectivity index (χ1v) is 34.5. The molecule has 4 fully saturated rings. The van der Waals surface area contributed by atoms with Gasteiger partial charge < -0.3 is 86.8 Å². The molecule has 99 heavy (non-hydrogen) atoms. The first-order chi connectivity index (χ1) is 48.1. The molecule has 528 valence electrons. The van der Waals surface area contributed by atoms with Crippen LogP contribution in [0.25, 0.3) is 0 Å². The quantitative estimate of drug-likeness (QED) is 0.0371. The number of carbonyl (C=O) groups excluding carboxylic acids is 2. The lowest BCUT2D eigenvalue weighted by molar-refractivity contribution is -0.392. The van der Waals surface area contributed by atoms with E-state index in [4.69, 9.17) is 141 Å². The number of ether oxygens (including phenoxy) is 15. The van der Waals surface area contributed by atoms with Crippen LogP contribution in [0.1, 0.15) is 45.2 Å². The second kappa shape index (κ2) is 36.9. The topological polar surface area (TPSA) is 217 Å². The molecule has 7 aromatic carbocycles. The fourth-order valence-corrected chi connectivity index (χ4v) is 12.1. The number of hydrogen-bond acceptors (Lipinski definition) is 18. The number of rotatable bonds is 29. The number of aliphatic hydroxyl groups excluding tert-OH is 1. The van der Waals surface area contributed by atoms with Gasteiger partial charge in [-0.3, -0.25) is 0 Å². The van der Waals surface area contributed by atoms with E-state index in [1.807, 2.05) is 212 Å². The number of fused-ring (bicyclic) bond motifs is 1. The van der Waals surface area contributed by atoms with Gasteiger partial charge in [0.1, 0.15) is 86.3 Å². The summed E-state index contributed by atoms with van der Waals surface area (Å²) in [5, 5.41) is 18.6. The average Bonchev–Trinajstić information content (AvgIpc) is 0.764. The summed E-state index contributed by atoms with van der Waals surface area (Å²) < 4.78 is 96.6. The Labute approximate surface area is 604 Å². The molecule has 4 saturated heterocycles. The molecule has 4 aliphatic heterocycles. The number of nitrogens with one attached hydrogen (secondary N) is 2. The first kappa shape index (κ1) is 74.4. The van der Waals surface area contributed by atoms with Crippen molar-refractivity contribution in [3.05, 3.63) is 251 Å². The van der Waals surface area contributed by atoms with Crippen molar-refractivity contribution in [1.29, 1.82) is 0 Å². The minimum atomic E-state index is -2.07. The van der Waals surface area contributed by atoms with Crippen LogP contribution in [-0.2, 0) is 111 Å². The molecule has 0 bridgehead atoms. The third-order valence-corrected chi connectivity index (χ3v) is 17.1. The van der Waals surface area contributed by atoms with Gasteiger partial charge in [0.15, 0.2) is 25.2 Å². The highest BCUT2D eigenvalue weighted by Gasteiger charge is 2.58. The Hall–Kier alpha value is -5.74. The number of alkyl carbamates (subject to hydrolysis) is 2. The van der Waals surface area contributed by atoms with Crippen molar-refractivity contribution in [3.63, 3.8) is 0 Å². The zero-order valence-corrected chi connectivity index (χ0v) is 57.9. The molecule has 4 aliphatic rings. The molecule has 2 amide bonds. The number of hydrogen-bond donors (Lipinski definition) is 3. The summed E-state index contributed by atoms with van der Waals surface area (Å²) in [5.41, 5.74) is 5.36. The van der Waals surface area contributed by atoms with Crippen LogP contribution in [0.5, 0.6) is 0 Å². The van der Waals surface area contributed by atoms with Crippen LogP contribution in [0.4, 0.5) is 9.59 Å². The van der Waals surface area contributed by atoms with Gasteiger partial charge in [-0.25, -0.2) is 9.59 Å². The van der Waals surface area contributed by atoms with Crippen molar-refractivity contribution >= 4 is 81.8 Å². The van der Waals surface area contributed by atoms with Crippen LogP contribution in [0.2, 0.25) is 0 Å². The van der Waals surface area contributed by atoms with E-state index in [2.05, 4.69) is 10.6 Å². The third kappa shape index (κ3) is 22.4. The van der Waals surface area contributed by atoms with Crippen LogP contribution in [0.15, 0.2) is 212 Å². The zero-order chi connectivity index (χ0) is 69.0. The second-order valence-electron chi connectivity index (χ2n) is 23.8. The van der Waals surface area contributed by atoms with Crippen molar-refractivity contribution in [2.45, 2.75) is 146 Å². The Kier molecular flexibility index (Phi) is 27.8. The van der Waals surface area contributed by atoms with E-state index in [1.165, 1.54) is 0 Å². The molecule has 11 rings (SSSR count). The molecule has 4 heterocycles. The van der Waals surface area contributed by atoms with Crippen LogP contribution in [0.3, 0.4) is 0 Å². The number of alkyl halides is 6. The van der Waals surface area contributed by atoms with E-state index in [1.54, 1.807) is 0 Å². The largest absolute Gasteiger partial charge is 0.445 e. The molecule has 0 aromatic heterocycles. The molecule has 0 saturated carbocycles. The predicted molar refractivity (Wildman–Crippen MR) is 367 cm³/mol. The molecule has 16 atom stereocenters. The number of aliphatic hydroxyl groups is 1. The first-order valence-electron chi connectivity index (χ1n) is 32.2. The normalized spacial score (nSPS) is 27.1. The molecular weight excluding hydrogens is 1410 g/mol. The van der Waals surface area contributed by atoms with Crippen molar-refractivity contribution in [1.82, 2.24) is 10.6 Å². The minimum absolute atomic E-state index is 0.00146. The Morgan fingerprint density at radius 3 is 1.18 bits per heavy atom. The summed E-state index contributed by atoms with van der Waals surface area (Å²) in [5.74, 6) is 0. The number of benzene rings is 7. The number of carbonyl (C=O) groups is 2. The van der Waals surface area contributed by atoms with Gasteiger partial charge in [0.25, 0.3) is 0 Å². The highest BCUT2D eigenvalue weighted by molar-refractivity contribution is 6.68. The standard InChI is InChI=1S/C73H76Cl6N2O18/c74-72(75,76)45-92-70(83)80-57-63(87-38-49-26-12-3-13-27-49)61(54(42-85-36-47-22-8-1-9-23-47)94-67(57)90-41-52-32-18-6-19-33-52)98-68-58(81-71(84)93-46-73(77,78)79)64(88-39-50-28-14-4-15-29-50)62(55(95-68)43-86-37-48-24-10-2-11-25-48)99-69-65(89-40-51-30-16-5-17-31-51)59(82)60-56(96-69)44-91-66(97-60)53-34-20-7-21-35-53/h1-35,54-69,82H,36-46H2,(H,80,83)(H,81,84)/t54-,55-,56-,57-,58-,59+,60-,61-,62-,63-,64-,65+,66-,67-,68+,69+/m1/s1. The van der Waals surface area contributed by atoms with E-state index < -0.39 is 131 Å². The lowest BCUT2D eigenvalue weighted by atomic mass is 9.93. The highest BCUT2D eigenvalue weighted by Crippen LogP contribution is 2.40. The zero-order valence-electron chi connectivity index (χ0n) is 53.4. The Morgan fingerprint density at radius 1 is 0.414 bits per heavy atom. The van der Waals surface area contributed by atoms with Crippen molar-refractivity contribution in [2.75, 3.05) is 33.0 Å². The molecule has 0 aliphatic carbocycles. The Bertz CT molecular complexity index is 3520. The van der Waals surface area contributed by atoms with Crippen molar-refractivity contribution in [3.8, 4) is 0 Å². The average molecular weight is 1480 g/mol. The van der Waals surface area contributed by atoms with E-state index in [9.17, 15) is 14.7 Å². The summed E-state index contributed by atoms with van der Waals surface area (Å²) in [6.07, 6.45) is -20.0. The van der Waals surface area contributed by atoms with Gasteiger partial charge in [0.2, 0.25) is 7.59 Å². The Morgan fingerprint density at radius 2 is 0.768 bits per heavy atom. The summed E-state index contributed by atoms with van der Waals surface area (Å²) in [4.78, 5) is 28.9. The maximum Gasteiger partial charge on any atom is 0.407 e. The summed E-state index contributed by atoms with van der Waals surface area (Å²) in [7, 11) is 0. The molecule has 26 heteroatoms. The van der Waals surface area contributed by atoms with Crippen molar-refractivity contribution < 1.29 is 85.7 Å². The third-order valence-electron chi connectivity index (χ3n) is 16.5. The number of amides is 2. The maximum atomic E-state index is 14.7. The lowest BCUT2D eigenvalue weighted by Crippen LogP contribution is -2.71. The second-order valence-corrected chi connectivity index (χ2v) is 28.8. The summed E-state index contributed by atoms with van der Waals surface area (Å²) in [6, 6.07) is 62.7. The van der Waals surface area contributed by atoms with Crippen molar-refractivity contribution in [2.24, 2.45) is 0 Å². The summed E-state index contributed by atoms with van der Waals surface area (Å²) in [6.45, 7) is -1.85. The molecule has 0 unspecified atom stereocenters.